The van der Waals surface area contributed by atoms with Crippen LogP contribution in [-0.2, 0) is 33.2 Å². The maximum atomic E-state index is 13.2. The van der Waals surface area contributed by atoms with Crippen LogP contribution >= 0.6 is 0 Å². The molecule has 23 atom stereocenters. The first-order valence-electron chi connectivity index (χ1n) is 23.9. The van der Waals surface area contributed by atoms with Gasteiger partial charge in [0.05, 0.1) is 37.9 Å². The number of allylic oxidation sites excluding steroid dienone is 2. The van der Waals surface area contributed by atoms with Gasteiger partial charge >= 0.3 is 5.97 Å². The highest BCUT2D eigenvalue weighted by Crippen LogP contribution is 2.76. The van der Waals surface area contributed by atoms with Crippen molar-refractivity contribution in [3.63, 3.8) is 0 Å². The summed E-state index contributed by atoms with van der Waals surface area (Å²) in [6.45, 7) is 11.6. The summed E-state index contributed by atoms with van der Waals surface area (Å²) in [7, 11) is 0. The van der Waals surface area contributed by atoms with Crippen molar-refractivity contribution in [2.24, 2.45) is 50.2 Å². The van der Waals surface area contributed by atoms with Crippen molar-refractivity contribution in [2.75, 3.05) is 26.4 Å². The summed E-state index contributed by atoms with van der Waals surface area (Å²) < 4.78 is 36.3. The number of aliphatic hydroxyl groups is 10. The Morgan fingerprint density at radius 3 is 1.86 bits per heavy atom. The number of aliphatic carboxylic acids is 1. The topological polar surface area (TPSA) is 295 Å². The second-order valence-electron chi connectivity index (χ2n) is 22.9. The summed E-state index contributed by atoms with van der Waals surface area (Å²) in [5.74, 6) is -0.512. The fraction of sp³-hybridized carbons (Fsp3) is 0.936. The molecule has 0 unspecified atom stereocenters. The number of carbonyl (C=O) groups is 1. The van der Waals surface area contributed by atoms with Crippen LogP contribution in [0, 0.1) is 50.2 Å². The Kier molecular flexibility index (Phi) is 13.7. The number of carboxylic acids is 1. The lowest BCUT2D eigenvalue weighted by atomic mass is 9.33. The minimum Gasteiger partial charge on any atom is -0.481 e. The molecule has 3 saturated heterocycles. The highest BCUT2D eigenvalue weighted by Gasteiger charge is 2.70. The molecule has 4 saturated carbocycles. The summed E-state index contributed by atoms with van der Waals surface area (Å²) in [5.41, 5.74) is -0.833. The predicted molar refractivity (Wildman–Crippen MR) is 226 cm³/mol. The largest absolute Gasteiger partial charge is 0.481 e. The minimum atomic E-state index is -1.86. The molecule has 0 radical (unpaired) electrons. The smallest absolute Gasteiger partial charge is 0.310 e. The molecule has 0 bridgehead atoms. The lowest BCUT2D eigenvalue weighted by Crippen LogP contribution is -2.67. The third-order valence-electron chi connectivity index (χ3n) is 19.2. The number of fused-ring (bicyclic) bond motifs is 7. The maximum absolute atomic E-state index is 13.2. The average molecular weight is 929 g/mol. The van der Waals surface area contributed by atoms with E-state index in [1.165, 1.54) is 5.57 Å². The Morgan fingerprint density at radius 1 is 0.677 bits per heavy atom. The van der Waals surface area contributed by atoms with E-state index < -0.39 is 122 Å². The second kappa shape index (κ2) is 17.8. The third-order valence-corrected chi connectivity index (χ3v) is 19.2. The Labute approximate surface area is 380 Å². The summed E-state index contributed by atoms with van der Waals surface area (Å²) >= 11 is 0. The van der Waals surface area contributed by atoms with Crippen LogP contribution in [0.5, 0.6) is 0 Å². The molecule has 0 aromatic carbocycles. The van der Waals surface area contributed by atoms with E-state index in [4.69, 9.17) is 28.4 Å². The van der Waals surface area contributed by atoms with Gasteiger partial charge in [-0.05, 0) is 104 Å². The van der Waals surface area contributed by atoms with Gasteiger partial charge in [0, 0.05) is 5.41 Å². The van der Waals surface area contributed by atoms with Gasteiger partial charge in [-0.2, -0.15) is 0 Å². The molecule has 0 amide bonds. The molecule has 0 aromatic rings. The molecular formula is C47H76O18. The van der Waals surface area contributed by atoms with Crippen molar-refractivity contribution in [2.45, 2.75) is 198 Å². The van der Waals surface area contributed by atoms with E-state index in [1.807, 2.05) is 6.92 Å². The fourth-order valence-electron chi connectivity index (χ4n) is 14.8. The monoisotopic (exact) mass is 929 g/mol. The number of ether oxygens (including phenoxy) is 6. The Hall–Kier alpha value is -1.43. The van der Waals surface area contributed by atoms with Gasteiger partial charge in [0.1, 0.15) is 67.1 Å². The Morgan fingerprint density at radius 2 is 1.28 bits per heavy atom. The molecule has 65 heavy (non-hydrogen) atoms. The molecule has 3 heterocycles. The Balaban J connectivity index is 1.06. The van der Waals surface area contributed by atoms with Crippen LogP contribution in [0.2, 0.25) is 0 Å². The van der Waals surface area contributed by atoms with Gasteiger partial charge in [-0.15, -0.1) is 0 Å². The van der Waals surface area contributed by atoms with Crippen molar-refractivity contribution < 1.29 is 89.4 Å². The molecule has 5 aliphatic carbocycles. The molecule has 18 heteroatoms. The predicted octanol–water partition coefficient (Wildman–Crippen LogP) is 0.318. The number of aliphatic hydroxyl groups excluding tert-OH is 10. The van der Waals surface area contributed by atoms with Gasteiger partial charge in [0.15, 0.2) is 18.9 Å². The zero-order chi connectivity index (χ0) is 47.4. The van der Waals surface area contributed by atoms with Crippen molar-refractivity contribution in [1.82, 2.24) is 0 Å². The van der Waals surface area contributed by atoms with Crippen LogP contribution < -0.4 is 0 Å². The first kappa shape index (κ1) is 50.0. The van der Waals surface area contributed by atoms with E-state index in [0.717, 1.165) is 44.9 Å². The van der Waals surface area contributed by atoms with Crippen LogP contribution in [0.4, 0.5) is 0 Å². The van der Waals surface area contributed by atoms with Gasteiger partial charge in [-0.1, -0.05) is 53.2 Å². The number of hydrogen-bond donors (Lipinski definition) is 11. The molecule has 0 spiro atoms. The lowest BCUT2D eigenvalue weighted by molar-refractivity contribution is -0.383. The van der Waals surface area contributed by atoms with Gasteiger partial charge in [-0.3, -0.25) is 4.79 Å². The summed E-state index contributed by atoms with van der Waals surface area (Å²) in [5, 5.41) is 117. The van der Waals surface area contributed by atoms with E-state index in [-0.39, 0.29) is 52.6 Å². The van der Waals surface area contributed by atoms with Crippen LogP contribution in [-0.4, -0.2) is 181 Å². The first-order chi connectivity index (χ1) is 30.5. The quantitative estimate of drug-likeness (QED) is 0.104. The average Bonchev–Trinajstić information content (AvgIpc) is 3.26. The van der Waals surface area contributed by atoms with Gasteiger partial charge in [-0.25, -0.2) is 0 Å². The molecule has 11 N–H and O–H groups in total. The van der Waals surface area contributed by atoms with E-state index in [1.54, 1.807) is 0 Å². The standard InChI is InChI=1S/C47H76O18/c1-42(2)13-15-47(41(58)59)16-14-45(5)22(23(47)17-42)7-8-28-43(3)11-10-29(44(4,21-50)27(43)9-12-46(28,45)6)64-40-37(65-39-36(57)34(55)31(52)25(19-49)62-39)32(53)26(20-60-40)63-38-35(56)33(54)30(51)24(18-48)61-38/h7,23-40,48-57H,8-21H2,1-6H3,(H,58,59)/t23-,24+,25+,26+,27-,28-,29-,30+,31+,32-,33-,34-,35+,36+,37+,38-,39-,40-,43+,44-,45-,46-,47-/m1/s1. The maximum Gasteiger partial charge on any atom is 0.310 e. The van der Waals surface area contributed by atoms with Crippen LogP contribution in [0.3, 0.4) is 0 Å². The molecule has 8 aliphatic rings. The summed E-state index contributed by atoms with van der Waals surface area (Å²) in [6.07, 6.45) is -13.4. The van der Waals surface area contributed by atoms with Gasteiger partial charge in [0.25, 0.3) is 0 Å². The molecule has 8 rings (SSSR count). The lowest BCUT2D eigenvalue weighted by Gasteiger charge is -2.71. The van der Waals surface area contributed by atoms with Crippen molar-refractivity contribution >= 4 is 5.97 Å². The van der Waals surface area contributed by atoms with Crippen LogP contribution in [0.1, 0.15) is 106 Å². The minimum absolute atomic E-state index is 0.0242. The highest BCUT2D eigenvalue weighted by molar-refractivity contribution is 5.76. The van der Waals surface area contributed by atoms with Crippen LogP contribution in [0.25, 0.3) is 0 Å². The normalized spacial score (nSPS) is 54.3. The number of hydrogen-bond acceptors (Lipinski definition) is 17. The van der Waals surface area contributed by atoms with Crippen molar-refractivity contribution in [3.05, 3.63) is 11.6 Å². The fourth-order valence-corrected chi connectivity index (χ4v) is 14.8. The zero-order valence-corrected chi connectivity index (χ0v) is 38.6. The highest BCUT2D eigenvalue weighted by atomic mass is 16.8. The van der Waals surface area contributed by atoms with E-state index >= 15 is 0 Å². The van der Waals surface area contributed by atoms with Gasteiger partial charge < -0.3 is 84.6 Å². The SMILES string of the molecule is CC1(C)CC[C@@]2(C(=O)O)CC[C@]3(C)C(=CC[C@@H]4[C@@]5(C)CC[C@@H](O[C@H]6OC[C@H](O[C@H]7O[C@@H](CO)[C@H](O)[C@@H](O)[C@@H]7O)[C@@H](O)[C@@H]6O[C@H]6O[C@@H](CO)[C@H](O)[C@@H](O)[C@@H]6O)[C@](C)(CO)[C@@H]5CC[C@]43C)[C@H]2C1. The third kappa shape index (κ3) is 7.80. The number of carboxylic acid groups (broad SMARTS) is 1. The van der Waals surface area contributed by atoms with E-state index in [9.17, 15) is 61.0 Å². The van der Waals surface area contributed by atoms with E-state index in [0.29, 0.717) is 19.3 Å². The number of rotatable bonds is 10. The first-order valence-corrected chi connectivity index (χ1v) is 23.9. The van der Waals surface area contributed by atoms with E-state index in [2.05, 4.69) is 40.7 Å². The van der Waals surface area contributed by atoms with Crippen LogP contribution in [0.15, 0.2) is 11.6 Å². The van der Waals surface area contributed by atoms with Crippen molar-refractivity contribution in [1.29, 1.82) is 0 Å². The summed E-state index contributed by atoms with van der Waals surface area (Å²) in [4.78, 5) is 13.2. The van der Waals surface area contributed by atoms with Gasteiger partial charge in [0.2, 0.25) is 0 Å². The molecular weight excluding hydrogens is 852 g/mol. The van der Waals surface area contributed by atoms with Crippen molar-refractivity contribution in [3.8, 4) is 0 Å². The molecule has 3 aliphatic heterocycles. The Bertz CT molecular complexity index is 1760. The molecule has 7 fully saturated rings. The summed E-state index contributed by atoms with van der Waals surface area (Å²) in [6, 6.07) is 0. The molecule has 372 valence electrons. The second-order valence-corrected chi connectivity index (χ2v) is 22.9. The zero-order valence-electron chi connectivity index (χ0n) is 38.6. The molecule has 0 aromatic heterocycles. The molecule has 18 nitrogen and oxygen atoms in total.